The van der Waals surface area contributed by atoms with Gasteiger partial charge in [-0.25, -0.2) is 0 Å². The van der Waals surface area contributed by atoms with Crippen molar-refractivity contribution in [2.45, 2.75) is 12.8 Å². The van der Waals surface area contributed by atoms with Crippen LogP contribution in [0.5, 0.6) is 0 Å². The van der Waals surface area contributed by atoms with Crippen LogP contribution in [0.25, 0.3) is 0 Å². The smallest absolute Gasteiger partial charge is 0.0366 e. The molecule has 1 aromatic rings. The first-order chi connectivity index (χ1) is 7.38. The van der Waals surface area contributed by atoms with Crippen LogP contribution >= 0.6 is 0 Å². The summed E-state index contributed by atoms with van der Waals surface area (Å²) in [4.78, 5) is 2.52. The Bertz CT molecular complexity index is 320. The van der Waals surface area contributed by atoms with E-state index in [1.54, 1.807) is 0 Å². The maximum absolute atomic E-state index is 3.41. The molecular weight excluding hydrogens is 184 g/mol. The lowest BCUT2D eigenvalue weighted by atomic mass is 9.73. The summed E-state index contributed by atoms with van der Waals surface area (Å²) < 4.78 is 0. The van der Waals surface area contributed by atoms with Gasteiger partial charge in [0.25, 0.3) is 0 Å². The highest BCUT2D eigenvalue weighted by molar-refractivity contribution is 5.46. The Morgan fingerprint density at radius 1 is 1.00 bits per heavy atom. The van der Waals surface area contributed by atoms with Crippen LogP contribution in [0.15, 0.2) is 30.3 Å². The molecule has 2 heterocycles. The lowest BCUT2D eigenvalue weighted by Gasteiger charge is -2.48. The first-order valence-electron chi connectivity index (χ1n) is 5.89. The maximum atomic E-state index is 3.41. The largest absolute Gasteiger partial charge is 0.371 e. The fraction of sp³-hybridized carbons (Fsp3) is 0.538. The molecule has 0 saturated carbocycles. The van der Waals surface area contributed by atoms with E-state index in [0.29, 0.717) is 5.41 Å². The number of hydrogen-bond donors (Lipinski definition) is 1. The molecule has 2 aliphatic heterocycles. The second-order valence-electron chi connectivity index (χ2n) is 4.93. The first kappa shape index (κ1) is 9.22. The maximum Gasteiger partial charge on any atom is 0.0366 e. The summed E-state index contributed by atoms with van der Waals surface area (Å²) >= 11 is 0. The second kappa shape index (κ2) is 3.53. The fourth-order valence-electron chi connectivity index (χ4n) is 2.71. The van der Waals surface area contributed by atoms with Gasteiger partial charge in [-0.3, -0.25) is 0 Å². The van der Waals surface area contributed by atoms with Crippen LogP contribution in [-0.2, 0) is 0 Å². The molecule has 0 amide bonds. The van der Waals surface area contributed by atoms with E-state index in [2.05, 4.69) is 40.5 Å². The van der Waals surface area contributed by atoms with Crippen molar-refractivity contribution in [1.29, 1.82) is 0 Å². The zero-order chi connectivity index (χ0) is 10.1. The number of benzene rings is 1. The number of nitrogens with zero attached hydrogens (tertiary/aromatic N) is 1. The summed E-state index contributed by atoms with van der Waals surface area (Å²) in [5.41, 5.74) is 2.05. The van der Waals surface area contributed by atoms with Crippen LogP contribution < -0.4 is 10.2 Å². The molecule has 0 aliphatic carbocycles. The molecule has 3 rings (SSSR count). The quantitative estimate of drug-likeness (QED) is 0.748. The molecule has 2 heteroatoms. The van der Waals surface area contributed by atoms with Crippen molar-refractivity contribution >= 4 is 5.69 Å². The van der Waals surface area contributed by atoms with Gasteiger partial charge in [0.1, 0.15) is 0 Å². The standard InChI is InChI=1S/C13H18N2/c1-2-4-12(5-3-1)15-8-6-13(7-9-15)10-14-11-13/h1-5,14H,6-11H2. The van der Waals surface area contributed by atoms with E-state index in [-0.39, 0.29) is 0 Å². The van der Waals surface area contributed by atoms with Gasteiger partial charge in [0.05, 0.1) is 0 Å². The number of rotatable bonds is 1. The zero-order valence-electron chi connectivity index (χ0n) is 9.08. The molecule has 1 spiro atoms. The predicted octanol–water partition coefficient (Wildman–Crippen LogP) is 1.88. The third-order valence-corrected chi connectivity index (χ3v) is 3.95. The van der Waals surface area contributed by atoms with Crippen molar-refractivity contribution in [3.8, 4) is 0 Å². The van der Waals surface area contributed by atoms with Crippen LogP contribution in [0.2, 0.25) is 0 Å². The van der Waals surface area contributed by atoms with Gasteiger partial charge in [0.2, 0.25) is 0 Å². The summed E-state index contributed by atoms with van der Waals surface area (Å²) in [5.74, 6) is 0. The second-order valence-corrected chi connectivity index (χ2v) is 4.93. The number of nitrogens with one attached hydrogen (secondary N) is 1. The number of anilines is 1. The highest BCUT2D eigenvalue weighted by Crippen LogP contribution is 2.36. The highest BCUT2D eigenvalue weighted by atomic mass is 15.1. The van der Waals surface area contributed by atoms with Gasteiger partial charge in [0, 0.05) is 31.9 Å². The van der Waals surface area contributed by atoms with Gasteiger partial charge in [-0.1, -0.05) is 18.2 Å². The minimum absolute atomic E-state index is 0.658. The molecule has 2 saturated heterocycles. The van der Waals surface area contributed by atoms with Gasteiger partial charge >= 0.3 is 0 Å². The summed E-state index contributed by atoms with van der Waals surface area (Å²) in [6.45, 7) is 4.95. The molecular formula is C13H18N2. The molecule has 0 aromatic heterocycles. The van der Waals surface area contributed by atoms with Crippen LogP contribution in [0.3, 0.4) is 0 Å². The topological polar surface area (TPSA) is 15.3 Å². The summed E-state index contributed by atoms with van der Waals surface area (Å²) in [6, 6.07) is 10.8. The van der Waals surface area contributed by atoms with Crippen LogP contribution in [0.4, 0.5) is 5.69 Å². The average Bonchev–Trinajstić information content (AvgIpc) is 2.28. The molecule has 1 aromatic carbocycles. The molecule has 2 nitrogen and oxygen atoms in total. The molecule has 0 bridgehead atoms. The number of hydrogen-bond acceptors (Lipinski definition) is 2. The third kappa shape index (κ3) is 1.63. The minimum atomic E-state index is 0.658. The van der Waals surface area contributed by atoms with Gasteiger partial charge < -0.3 is 10.2 Å². The average molecular weight is 202 g/mol. The molecule has 0 radical (unpaired) electrons. The van der Waals surface area contributed by atoms with Crippen LogP contribution in [0.1, 0.15) is 12.8 Å². The van der Waals surface area contributed by atoms with Crippen LogP contribution in [-0.4, -0.2) is 26.2 Å². The van der Waals surface area contributed by atoms with E-state index in [0.717, 1.165) is 0 Å². The van der Waals surface area contributed by atoms with Crippen molar-refractivity contribution in [1.82, 2.24) is 5.32 Å². The summed E-state index contributed by atoms with van der Waals surface area (Å²) in [7, 11) is 0. The molecule has 0 unspecified atom stereocenters. The van der Waals surface area contributed by atoms with Gasteiger partial charge in [-0.2, -0.15) is 0 Å². The minimum Gasteiger partial charge on any atom is -0.371 e. The zero-order valence-corrected chi connectivity index (χ0v) is 9.08. The van der Waals surface area contributed by atoms with Crippen LogP contribution in [0, 0.1) is 5.41 Å². The van der Waals surface area contributed by atoms with E-state index in [9.17, 15) is 0 Å². The lowest BCUT2D eigenvalue weighted by Crippen LogP contribution is -2.58. The van der Waals surface area contributed by atoms with Crippen molar-refractivity contribution in [3.05, 3.63) is 30.3 Å². The number of para-hydroxylation sites is 1. The molecule has 0 atom stereocenters. The number of piperidine rings is 1. The Balaban J connectivity index is 1.67. The fourth-order valence-corrected chi connectivity index (χ4v) is 2.71. The molecule has 15 heavy (non-hydrogen) atoms. The Hall–Kier alpha value is -1.02. The Labute approximate surface area is 91.3 Å². The summed E-state index contributed by atoms with van der Waals surface area (Å²) in [6.07, 6.45) is 2.71. The van der Waals surface area contributed by atoms with Gasteiger partial charge in [-0.15, -0.1) is 0 Å². The third-order valence-electron chi connectivity index (χ3n) is 3.95. The van der Waals surface area contributed by atoms with Gasteiger partial charge in [0.15, 0.2) is 0 Å². The Morgan fingerprint density at radius 2 is 1.67 bits per heavy atom. The SMILES string of the molecule is c1ccc(N2CCC3(CC2)CNC3)cc1. The van der Waals surface area contributed by atoms with E-state index in [1.807, 2.05) is 0 Å². The Kier molecular flexibility index (Phi) is 2.17. The lowest BCUT2D eigenvalue weighted by molar-refractivity contribution is 0.126. The molecule has 2 fully saturated rings. The highest BCUT2D eigenvalue weighted by Gasteiger charge is 2.39. The van der Waals surface area contributed by atoms with Crippen molar-refractivity contribution in [3.63, 3.8) is 0 Å². The van der Waals surface area contributed by atoms with E-state index in [1.165, 1.54) is 44.7 Å². The Morgan fingerprint density at radius 3 is 2.20 bits per heavy atom. The van der Waals surface area contributed by atoms with Crippen molar-refractivity contribution in [2.75, 3.05) is 31.1 Å². The monoisotopic (exact) mass is 202 g/mol. The van der Waals surface area contributed by atoms with Gasteiger partial charge in [-0.05, 0) is 30.4 Å². The molecule has 2 aliphatic rings. The normalized spacial score (nSPS) is 23.9. The van der Waals surface area contributed by atoms with Crippen molar-refractivity contribution < 1.29 is 0 Å². The van der Waals surface area contributed by atoms with E-state index < -0.39 is 0 Å². The van der Waals surface area contributed by atoms with Crippen molar-refractivity contribution in [2.24, 2.45) is 5.41 Å². The molecule has 1 N–H and O–H groups in total. The first-order valence-corrected chi connectivity index (χ1v) is 5.89. The van der Waals surface area contributed by atoms with E-state index in [4.69, 9.17) is 0 Å². The summed E-state index contributed by atoms with van der Waals surface area (Å²) in [5, 5.41) is 3.41. The predicted molar refractivity (Wildman–Crippen MR) is 63.2 cm³/mol. The molecule has 80 valence electrons. The van der Waals surface area contributed by atoms with E-state index >= 15 is 0 Å².